The van der Waals surface area contributed by atoms with Gasteiger partial charge in [0.15, 0.2) is 0 Å². The molecule has 0 amide bonds. The molecular weight excluding hydrogens is 698 g/mol. The Balaban J connectivity index is 0.000000884. The molecule has 0 bridgehead atoms. The number of hydrogen-bond acceptors (Lipinski definition) is 2. The van der Waals surface area contributed by atoms with Crippen LogP contribution in [-0.2, 0) is 24.5 Å². The Hall–Kier alpha value is -1.77. The second kappa shape index (κ2) is 17.2. The Morgan fingerprint density at radius 1 is 0.825 bits per heavy atom. The van der Waals surface area contributed by atoms with E-state index in [0.29, 0.717) is 0 Å². The van der Waals surface area contributed by atoms with Crippen molar-refractivity contribution in [1.82, 2.24) is 4.57 Å². The van der Waals surface area contributed by atoms with E-state index < -0.39 is 7.25 Å². The summed E-state index contributed by atoms with van der Waals surface area (Å²) >= 11 is 6.00. The fourth-order valence-electron chi connectivity index (χ4n) is 4.45. The molecule has 1 aromatic heterocycles. The van der Waals surface area contributed by atoms with Crippen LogP contribution in [0.4, 0.5) is 28.6 Å². The molecule has 0 radical (unpaired) electrons. The number of aromatic nitrogens is 2. The van der Waals surface area contributed by atoms with Crippen molar-refractivity contribution in [1.29, 1.82) is 0 Å². The van der Waals surface area contributed by atoms with Crippen LogP contribution in [0, 0.1) is 41.5 Å². The third-order valence-corrected chi connectivity index (χ3v) is 5.86. The third kappa shape index (κ3) is 13.3. The molecule has 0 aliphatic carbocycles. The SMILES string of the molecule is CCC(=Nc1c(C)cc(C)cc1C)C(CCn1cc[n+](C)c1)=Nc1c(C)cc(C)cc1C.F[B-](F)(F)F.[Br][Ni][Br]. The topological polar surface area (TPSA) is 33.5 Å². The van der Waals surface area contributed by atoms with Crippen molar-refractivity contribution in [3.05, 3.63) is 76.4 Å². The summed E-state index contributed by atoms with van der Waals surface area (Å²) in [6, 6.07) is 8.85. The van der Waals surface area contributed by atoms with E-state index in [1.54, 1.807) is 0 Å². The van der Waals surface area contributed by atoms with Gasteiger partial charge in [0.05, 0.1) is 36.4 Å². The first kappa shape index (κ1) is 36.3. The first-order valence-corrected chi connectivity index (χ1v) is 17.5. The molecule has 1 heterocycles. The molecule has 0 saturated carbocycles. The van der Waals surface area contributed by atoms with Gasteiger partial charge in [0.2, 0.25) is 6.33 Å². The summed E-state index contributed by atoms with van der Waals surface area (Å²) in [7, 11) is -2.70. The van der Waals surface area contributed by atoms with Crippen LogP contribution in [0.1, 0.15) is 53.1 Å². The predicted octanol–water partition coefficient (Wildman–Crippen LogP) is 9.50. The monoisotopic (exact) mass is 732 g/mol. The molecule has 0 spiro atoms. The van der Waals surface area contributed by atoms with Gasteiger partial charge in [0.1, 0.15) is 12.4 Å². The van der Waals surface area contributed by atoms with Crippen LogP contribution in [-0.4, -0.2) is 23.2 Å². The molecular formula is C28H37BBr2F4N4Ni. The maximum atomic E-state index is 9.75. The van der Waals surface area contributed by atoms with Crippen molar-refractivity contribution in [3.63, 3.8) is 0 Å². The second-order valence-electron chi connectivity index (χ2n) is 9.57. The summed E-state index contributed by atoms with van der Waals surface area (Å²) in [5.41, 5.74) is 11.7. The zero-order valence-corrected chi connectivity index (χ0v) is 28.3. The molecule has 0 unspecified atom stereocenters. The Kier molecular flexibility index (Phi) is 15.6. The molecule has 224 valence electrons. The van der Waals surface area contributed by atoms with Crippen molar-refractivity contribution >= 4 is 58.5 Å². The zero-order valence-electron chi connectivity index (χ0n) is 24.1. The number of imidazole rings is 1. The van der Waals surface area contributed by atoms with Crippen LogP contribution in [0.5, 0.6) is 0 Å². The van der Waals surface area contributed by atoms with Gasteiger partial charge >= 0.3 is 46.6 Å². The first-order valence-electron chi connectivity index (χ1n) is 12.6. The summed E-state index contributed by atoms with van der Waals surface area (Å²) in [4.78, 5) is 10.4. The summed E-state index contributed by atoms with van der Waals surface area (Å²) < 4.78 is 43.3. The summed E-state index contributed by atoms with van der Waals surface area (Å²) in [5.74, 6) is 0. The minimum absolute atomic E-state index is 0.831. The van der Waals surface area contributed by atoms with Crippen molar-refractivity contribution in [2.45, 2.75) is 67.9 Å². The summed E-state index contributed by atoms with van der Waals surface area (Å²) in [5, 5.41) is 0. The predicted molar refractivity (Wildman–Crippen MR) is 164 cm³/mol. The molecule has 0 aliphatic rings. The van der Waals surface area contributed by atoms with Crippen molar-refractivity contribution in [2.24, 2.45) is 17.0 Å². The Bertz CT molecular complexity index is 1270. The second-order valence-corrected chi connectivity index (χ2v) is 14.6. The number of halogens is 6. The molecule has 2 aromatic carbocycles. The summed E-state index contributed by atoms with van der Waals surface area (Å²) in [6.07, 6.45) is 7.96. The van der Waals surface area contributed by atoms with E-state index in [-0.39, 0.29) is 0 Å². The third-order valence-electron chi connectivity index (χ3n) is 5.86. The van der Waals surface area contributed by atoms with E-state index in [2.05, 4.69) is 129 Å². The fourth-order valence-corrected chi connectivity index (χ4v) is 4.45. The van der Waals surface area contributed by atoms with Crippen molar-refractivity contribution in [3.8, 4) is 0 Å². The van der Waals surface area contributed by atoms with E-state index in [1.165, 1.54) is 44.3 Å². The van der Waals surface area contributed by atoms with Gasteiger partial charge in [-0.05, 0) is 70.2 Å². The standard InChI is InChI=1S/C28H37N4.BF4.2BrH.Ni/c1-9-25(29-27-21(4)14-19(2)15-22(27)5)26(10-11-32-13-12-31(8)18-32)30-28-23(6)16-20(3)17-24(28)7;2-1(3,4)5;;;/h12-18H,9-11H2,1-8H3;;2*1H;/q+1;-1;;;+2/p-2. The van der Waals surface area contributed by atoms with Crippen molar-refractivity contribution < 1.29 is 32.7 Å². The van der Waals surface area contributed by atoms with E-state index in [9.17, 15) is 17.3 Å². The van der Waals surface area contributed by atoms with Crippen LogP contribution in [0.15, 0.2) is 53.0 Å². The molecule has 40 heavy (non-hydrogen) atoms. The van der Waals surface area contributed by atoms with E-state index in [4.69, 9.17) is 9.98 Å². The molecule has 0 fully saturated rings. The van der Waals surface area contributed by atoms with Gasteiger partial charge in [-0.2, -0.15) is 0 Å². The molecule has 3 aromatic rings. The zero-order chi connectivity index (χ0) is 30.6. The maximum absolute atomic E-state index is 9.75. The number of nitrogens with zero attached hydrogens (tertiary/aromatic N) is 4. The van der Waals surface area contributed by atoms with Crippen LogP contribution < -0.4 is 4.57 Å². The Labute approximate surface area is 255 Å². The van der Waals surface area contributed by atoms with Crippen molar-refractivity contribution in [2.75, 3.05) is 0 Å². The van der Waals surface area contributed by atoms with Crippen LogP contribution in [0.3, 0.4) is 0 Å². The van der Waals surface area contributed by atoms with Crippen LogP contribution in [0.2, 0.25) is 0 Å². The van der Waals surface area contributed by atoms with Crippen LogP contribution >= 0.6 is 28.5 Å². The average molecular weight is 735 g/mol. The molecule has 0 atom stereocenters. The number of aliphatic imine (C=N–C) groups is 2. The summed E-state index contributed by atoms with van der Waals surface area (Å²) in [6.45, 7) is 15.9. The van der Waals surface area contributed by atoms with E-state index in [0.717, 1.165) is 42.2 Å². The molecule has 12 heteroatoms. The molecule has 0 aliphatic heterocycles. The van der Waals surface area contributed by atoms with Gasteiger partial charge in [0, 0.05) is 6.42 Å². The van der Waals surface area contributed by atoms with Crippen LogP contribution in [0.25, 0.3) is 0 Å². The van der Waals surface area contributed by atoms with Gasteiger partial charge in [-0.1, -0.05) is 42.3 Å². The van der Waals surface area contributed by atoms with Gasteiger partial charge in [-0.3, -0.25) is 9.98 Å². The molecule has 4 nitrogen and oxygen atoms in total. The number of benzene rings is 2. The molecule has 0 saturated heterocycles. The molecule has 3 rings (SSSR count). The number of rotatable bonds is 7. The fraction of sp³-hybridized carbons (Fsp3) is 0.393. The quantitative estimate of drug-likeness (QED) is 0.100. The normalized spacial score (nSPS) is 12.1. The van der Waals surface area contributed by atoms with E-state index >= 15 is 0 Å². The number of aryl methyl sites for hydroxylation is 8. The van der Waals surface area contributed by atoms with Gasteiger partial charge in [-0.15, -0.1) is 0 Å². The van der Waals surface area contributed by atoms with Gasteiger partial charge < -0.3 is 17.3 Å². The van der Waals surface area contributed by atoms with Gasteiger partial charge in [0.25, 0.3) is 0 Å². The Morgan fingerprint density at radius 2 is 1.20 bits per heavy atom. The first-order chi connectivity index (χ1) is 18.6. The minimum atomic E-state index is -6.00. The van der Waals surface area contributed by atoms with E-state index in [1.807, 2.05) is 7.05 Å². The molecule has 0 N–H and O–H groups in total. The average Bonchev–Trinajstić information content (AvgIpc) is 3.22. The Morgan fingerprint density at radius 3 is 1.52 bits per heavy atom. The van der Waals surface area contributed by atoms with Gasteiger partial charge in [-0.25, -0.2) is 9.13 Å². The number of hydrogen-bond donors (Lipinski definition) is 0.